The van der Waals surface area contributed by atoms with Gasteiger partial charge in [0, 0.05) is 17.2 Å². The van der Waals surface area contributed by atoms with Crippen LogP contribution in [0, 0.1) is 6.92 Å². The SMILES string of the molecule is Cc1nc2ccc(C3CC3)nc2n2c(-c3cc(CCC(C)(C)O)ccc3Cl)nnc12. The normalized spacial score (nSPS) is 14.7. The smallest absolute Gasteiger partial charge is 0.184 e. The highest BCUT2D eigenvalue weighted by atomic mass is 35.5. The van der Waals surface area contributed by atoms with E-state index in [0.717, 1.165) is 40.1 Å². The van der Waals surface area contributed by atoms with Gasteiger partial charge < -0.3 is 5.11 Å². The molecule has 0 spiro atoms. The molecule has 0 bridgehead atoms. The molecule has 3 aromatic heterocycles. The molecule has 7 heteroatoms. The fourth-order valence-electron chi connectivity index (χ4n) is 3.79. The average Bonchev–Trinajstić information content (AvgIpc) is 3.45. The van der Waals surface area contributed by atoms with Crippen LogP contribution in [0.3, 0.4) is 0 Å². The van der Waals surface area contributed by atoms with Gasteiger partial charge in [-0.15, -0.1) is 10.2 Å². The summed E-state index contributed by atoms with van der Waals surface area (Å²) in [6.45, 7) is 5.57. The molecule has 1 fully saturated rings. The fourth-order valence-corrected chi connectivity index (χ4v) is 3.99. The van der Waals surface area contributed by atoms with Crippen molar-refractivity contribution in [3.63, 3.8) is 0 Å². The highest BCUT2D eigenvalue weighted by Crippen LogP contribution is 2.39. The lowest BCUT2D eigenvalue weighted by atomic mass is 9.98. The number of nitrogens with zero attached hydrogens (tertiary/aromatic N) is 5. The molecule has 0 radical (unpaired) electrons. The number of aliphatic hydroxyl groups is 1. The lowest BCUT2D eigenvalue weighted by Gasteiger charge is -2.17. The standard InChI is InChI=1S/C23H24ClN5O/c1-13-20-27-28-21(16-12-14(4-7-17(16)24)10-11-23(2,3)30)29(20)22-19(25-13)9-8-18(26-22)15-5-6-15/h4,7-9,12,15,30H,5-6,10-11H2,1-3H3. The summed E-state index contributed by atoms with van der Waals surface area (Å²) in [4.78, 5) is 9.61. The van der Waals surface area contributed by atoms with Crippen LogP contribution in [0.5, 0.6) is 0 Å². The summed E-state index contributed by atoms with van der Waals surface area (Å²) in [6, 6.07) is 10.0. The van der Waals surface area contributed by atoms with Crippen molar-refractivity contribution in [1.29, 1.82) is 0 Å². The van der Waals surface area contributed by atoms with E-state index in [1.54, 1.807) is 0 Å². The Kier molecular flexibility index (Phi) is 4.52. The molecule has 30 heavy (non-hydrogen) atoms. The van der Waals surface area contributed by atoms with E-state index >= 15 is 0 Å². The minimum Gasteiger partial charge on any atom is -0.390 e. The van der Waals surface area contributed by atoms with Crippen molar-refractivity contribution in [2.45, 2.75) is 58.0 Å². The highest BCUT2D eigenvalue weighted by molar-refractivity contribution is 6.33. The molecule has 0 saturated heterocycles. The Morgan fingerprint density at radius 2 is 1.90 bits per heavy atom. The van der Waals surface area contributed by atoms with Gasteiger partial charge in [0.25, 0.3) is 0 Å². The van der Waals surface area contributed by atoms with E-state index in [1.165, 1.54) is 12.8 Å². The van der Waals surface area contributed by atoms with Crippen LogP contribution in [0.2, 0.25) is 5.02 Å². The summed E-state index contributed by atoms with van der Waals surface area (Å²) in [5.41, 5.74) is 5.35. The maximum absolute atomic E-state index is 10.1. The minimum absolute atomic E-state index is 0.541. The van der Waals surface area contributed by atoms with Crippen LogP contribution in [0.4, 0.5) is 0 Å². The molecular weight excluding hydrogens is 398 g/mol. The first kappa shape index (κ1) is 19.4. The van der Waals surface area contributed by atoms with E-state index in [2.05, 4.69) is 21.2 Å². The van der Waals surface area contributed by atoms with Crippen molar-refractivity contribution < 1.29 is 5.11 Å². The van der Waals surface area contributed by atoms with Crippen LogP contribution in [0.15, 0.2) is 30.3 Å². The number of aryl methyl sites for hydroxylation is 2. The maximum Gasteiger partial charge on any atom is 0.184 e. The number of hydrogen-bond acceptors (Lipinski definition) is 5. The monoisotopic (exact) mass is 421 g/mol. The average molecular weight is 422 g/mol. The number of pyridine rings is 1. The van der Waals surface area contributed by atoms with Crippen LogP contribution in [0.25, 0.3) is 28.2 Å². The van der Waals surface area contributed by atoms with Crippen LogP contribution in [0.1, 0.15) is 56.0 Å². The van der Waals surface area contributed by atoms with E-state index in [-0.39, 0.29) is 0 Å². The number of hydrogen-bond donors (Lipinski definition) is 1. The number of fused-ring (bicyclic) bond motifs is 3. The fraction of sp³-hybridized carbons (Fsp3) is 0.391. The summed E-state index contributed by atoms with van der Waals surface area (Å²) in [5.74, 6) is 1.20. The third kappa shape index (κ3) is 3.55. The van der Waals surface area contributed by atoms with Crippen LogP contribution in [-0.4, -0.2) is 35.3 Å². The van der Waals surface area contributed by atoms with Gasteiger partial charge in [0.15, 0.2) is 17.1 Å². The second kappa shape index (κ2) is 7.00. The van der Waals surface area contributed by atoms with E-state index in [9.17, 15) is 5.11 Å². The zero-order chi connectivity index (χ0) is 21.0. The number of rotatable bonds is 5. The largest absolute Gasteiger partial charge is 0.390 e. The molecule has 0 aliphatic heterocycles. The molecule has 0 unspecified atom stereocenters. The van der Waals surface area contributed by atoms with Crippen molar-refractivity contribution in [3.05, 3.63) is 52.3 Å². The second-order valence-electron chi connectivity index (χ2n) is 8.86. The summed E-state index contributed by atoms with van der Waals surface area (Å²) < 4.78 is 1.98. The van der Waals surface area contributed by atoms with Crippen LogP contribution < -0.4 is 0 Å². The molecule has 5 rings (SSSR count). The van der Waals surface area contributed by atoms with E-state index in [0.29, 0.717) is 28.8 Å². The molecule has 154 valence electrons. The van der Waals surface area contributed by atoms with E-state index in [1.807, 2.05) is 49.4 Å². The Hall–Kier alpha value is -2.57. The molecule has 3 heterocycles. The van der Waals surface area contributed by atoms with Gasteiger partial charge in [0.1, 0.15) is 5.52 Å². The maximum atomic E-state index is 10.1. The molecule has 0 amide bonds. The first-order valence-corrected chi connectivity index (χ1v) is 10.7. The van der Waals surface area contributed by atoms with Gasteiger partial charge in [-0.3, -0.25) is 4.40 Å². The van der Waals surface area contributed by atoms with Gasteiger partial charge in [0.05, 0.1) is 16.3 Å². The van der Waals surface area contributed by atoms with Crippen molar-refractivity contribution in [3.8, 4) is 11.4 Å². The topological polar surface area (TPSA) is 76.2 Å². The van der Waals surface area contributed by atoms with Crippen molar-refractivity contribution in [1.82, 2.24) is 24.6 Å². The molecule has 1 aliphatic rings. The number of benzene rings is 1. The molecule has 1 N–H and O–H groups in total. The molecule has 1 saturated carbocycles. The Labute approximate surface area is 180 Å². The van der Waals surface area contributed by atoms with E-state index in [4.69, 9.17) is 16.6 Å². The summed E-state index contributed by atoms with van der Waals surface area (Å²) in [7, 11) is 0. The van der Waals surface area contributed by atoms with Crippen LogP contribution >= 0.6 is 11.6 Å². The summed E-state index contributed by atoms with van der Waals surface area (Å²) in [6.07, 6.45) is 3.78. The molecular formula is C23H24ClN5O. The summed E-state index contributed by atoms with van der Waals surface area (Å²) in [5, 5.41) is 19.6. The molecule has 6 nitrogen and oxygen atoms in total. The first-order chi connectivity index (χ1) is 14.3. The van der Waals surface area contributed by atoms with E-state index < -0.39 is 5.60 Å². The van der Waals surface area contributed by atoms with Gasteiger partial charge in [-0.25, -0.2) is 9.97 Å². The second-order valence-corrected chi connectivity index (χ2v) is 9.27. The molecule has 1 aromatic carbocycles. The number of halogens is 1. The Morgan fingerprint density at radius 1 is 1.10 bits per heavy atom. The van der Waals surface area contributed by atoms with Gasteiger partial charge in [-0.1, -0.05) is 17.7 Å². The zero-order valence-corrected chi connectivity index (χ0v) is 18.1. The Morgan fingerprint density at radius 3 is 2.63 bits per heavy atom. The molecule has 4 aromatic rings. The van der Waals surface area contributed by atoms with Crippen LogP contribution in [-0.2, 0) is 6.42 Å². The number of aromatic nitrogens is 5. The van der Waals surface area contributed by atoms with Gasteiger partial charge in [0.2, 0.25) is 0 Å². The summed E-state index contributed by atoms with van der Waals surface area (Å²) >= 11 is 6.59. The predicted molar refractivity (Wildman–Crippen MR) is 118 cm³/mol. The van der Waals surface area contributed by atoms with Gasteiger partial charge in [-0.05, 0) is 76.3 Å². The third-order valence-corrected chi connectivity index (χ3v) is 5.99. The highest BCUT2D eigenvalue weighted by Gasteiger charge is 2.26. The predicted octanol–water partition coefficient (Wildman–Crippen LogP) is 4.88. The first-order valence-electron chi connectivity index (χ1n) is 10.3. The molecule has 1 aliphatic carbocycles. The minimum atomic E-state index is -0.719. The lowest BCUT2D eigenvalue weighted by molar-refractivity contribution is 0.0714. The zero-order valence-electron chi connectivity index (χ0n) is 17.4. The third-order valence-electron chi connectivity index (χ3n) is 5.66. The van der Waals surface area contributed by atoms with Crippen molar-refractivity contribution >= 4 is 28.4 Å². The quantitative estimate of drug-likeness (QED) is 0.496. The van der Waals surface area contributed by atoms with Crippen molar-refractivity contribution in [2.75, 3.05) is 0 Å². The van der Waals surface area contributed by atoms with Crippen molar-refractivity contribution in [2.24, 2.45) is 0 Å². The van der Waals surface area contributed by atoms with Gasteiger partial charge >= 0.3 is 0 Å². The molecule has 0 atom stereocenters. The van der Waals surface area contributed by atoms with Gasteiger partial charge in [-0.2, -0.15) is 0 Å². The Balaban J connectivity index is 1.69. The lowest BCUT2D eigenvalue weighted by Crippen LogP contribution is -2.19. The Bertz CT molecular complexity index is 1270.